The highest BCUT2D eigenvalue weighted by Crippen LogP contribution is 2.33. The number of fused-ring (bicyclic) bond motifs is 1. The topological polar surface area (TPSA) is 183 Å². The van der Waals surface area contributed by atoms with Crippen molar-refractivity contribution < 1.29 is 8.83 Å². The number of nitrogens with zero attached hydrogens (tertiary/aromatic N) is 6. The van der Waals surface area contributed by atoms with Gasteiger partial charge in [0.25, 0.3) is 0 Å². The van der Waals surface area contributed by atoms with Crippen molar-refractivity contribution in [3.63, 3.8) is 0 Å². The molecule has 6 heterocycles. The maximum absolute atomic E-state index is 6.11. The largest absolute Gasteiger partial charge is 0.437 e. The zero-order valence-corrected chi connectivity index (χ0v) is 18.6. The Hall–Kier alpha value is -5.52. The molecule has 12 nitrogen and oxygen atoms in total. The molecule has 6 aromatic rings. The molecule has 0 radical (unpaired) electrons. The molecular formula is C24H18N10O2. The third kappa shape index (κ3) is 3.88. The second kappa shape index (κ2) is 8.68. The van der Waals surface area contributed by atoms with E-state index in [9.17, 15) is 0 Å². The lowest BCUT2D eigenvalue weighted by Crippen LogP contribution is -2.04. The van der Waals surface area contributed by atoms with E-state index < -0.39 is 0 Å². The lowest BCUT2D eigenvalue weighted by atomic mass is 10.2. The van der Waals surface area contributed by atoms with Crippen LogP contribution in [0.5, 0.6) is 0 Å². The summed E-state index contributed by atoms with van der Waals surface area (Å²) in [5.74, 6) is 1.71. The highest BCUT2D eigenvalue weighted by molar-refractivity contribution is 5.93. The molecule has 36 heavy (non-hydrogen) atoms. The van der Waals surface area contributed by atoms with Crippen molar-refractivity contribution in [1.29, 1.82) is 0 Å². The summed E-state index contributed by atoms with van der Waals surface area (Å²) in [4.78, 5) is 29.3. The highest BCUT2D eigenvalue weighted by Gasteiger charge is 2.15. The summed E-state index contributed by atoms with van der Waals surface area (Å²) in [6, 6.07) is 12.7. The average molecular weight is 478 g/mol. The Bertz CT molecular complexity index is 1740. The zero-order chi connectivity index (χ0) is 24.5. The number of hydrogen-bond donors (Lipinski definition) is 4. The predicted octanol–water partition coefficient (Wildman–Crippen LogP) is 3.80. The van der Waals surface area contributed by atoms with Crippen LogP contribution in [0.3, 0.4) is 0 Å². The number of nitrogens with two attached hydrogens (primary N) is 2. The molecular weight excluding hydrogens is 460 g/mol. The van der Waals surface area contributed by atoms with Crippen LogP contribution in [0.2, 0.25) is 0 Å². The molecule has 6 aromatic heterocycles. The second-order valence-electron chi connectivity index (χ2n) is 7.59. The molecule has 12 heteroatoms. The minimum atomic E-state index is 0.0483. The molecule has 0 saturated heterocycles. The number of nitrogens with one attached hydrogen (secondary N) is 2. The molecule has 0 atom stereocenters. The number of rotatable bonds is 5. The Morgan fingerprint density at radius 2 is 1.61 bits per heavy atom. The van der Waals surface area contributed by atoms with Crippen LogP contribution >= 0.6 is 0 Å². The number of aromatic amines is 1. The molecule has 0 aliphatic rings. The van der Waals surface area contributed by atoms with Crippen molar-refractivity contribution in [2.75, 3.05) is 16.8 Å². The first kappa shape index (κ1) is 21.0. The first-order valence-corrected chi connectivity index (χ1v) is 10.8. The fraction of sp³-hybridized carbons (Fsp3) is 0. The summed E-state index contributed by atoms with van der Waals surface area (Å²) < 4.78 is 11.3. The summed E-state index contributed by atoms with van der Waals surface area (Å²) in [5, 5.41) is 4.59. The third-order valence-corrected chi connectivity index (χ3v) is 5.27. The minimum absolute atomic E-state index is 0.0483. The Morgan fingerprint density at radius 3 is 2.39 bits per heavy atom. The molecule has 0 fully saturated rings. The normalized spacial score (nSPS) is 11.7. The molecule has 0 bridgehead atoms. The summed E-state index contributed by atoms with van der Waals surface area (Å²) >= 11 is 0. The summed E-state index contributed by atoms with van der Waals surface area (Å²) in [5.41, 5.74) is 14.2. The maximum Gasteiger partial charge on any atom is 0.249 e. The van der Waals surface area contributed by atoms with Gasteiger partial charge < -0.3 is 30.6 Å². The van der Waals surface area contributed by atoms with Crippen LogP contribution in [-0.4, -0.2) is 29.9 Å². The number of furan rings is 1. The Kier molecular flexibility index (Phi) is 5.07. The number of H-pyrrole nitrogens is 1. The van der Waals surface area contributed by atoms with Crippen molar-refractivity contribution in [3.8, 4) is 23.0 Å². The second-order valence-corrected chi connectivity index (χ2v) is 7.59. The fourth-order valence-electron chi connectivity index (χ4n) is 3.58. The van der Waals surface area contributed by atoms with E-state index in [-0.39, 0.29) is 23.5 Å². The van der Waals surface area contributed by atoms with E-state index in [4.69, 9.17) is 20.3 Å². The Balaban J connectivity index is 1.39. The Labute approximate surface area is 202 Å². The van der Waals surface area contributed by atoms with Gasteiger partial charge in [0.15, 0.2) is 11.2 Å². The third-order valence-electron chi connectivity index (χ3n) is 5.27. The molecule has 0 unspecified atom stereocenters. The lowest BCUT2D eigenvalue weighted by molar-refractivity contribution is 0.591. The minimum Gasteiger partial charge on any atom is -0.437 e. The van der Waals surface area contributed by atoms with E-state index in [1.54, 1.807) is 43.0 Å². The van der Waals surface area contributed by atoms with Crippen LogP contribution < -0.4 is 22.3 Å². The van der Waals surface area contributed by atoms with Crippen molar-refractivity contribution in [2.45, 2.75) is 0 Å². The fourth-order valence-corrected chi connectivity index (χ4v) is 3.58. The van der Waals surface area contributed by atoms with Gasteiger partial charge in [-0.1, -0.05) is 12.1 Å². The average Bonchev–Trinajstić information content (AvgIpc) is 3.60. The van der Waals surface area contributed by atoms with Crippen LogP contribution in [0.4, 0.5) is 29.1 Å². The van der Waals surface area contributed by atoms with Crippen LogP contribution in [0.25, 0.3) is 33.8 Å². The molecule has 0 aliphatic heterocycles. The predicted molar refractivity (Wildman–Crippen MR) is 133 cm³/mol. The van der Waals surface area contributed by atoms with Gasteiger partial charge in [-0.2, -0.15) is 4.98 Å². The molecule has 0 amide bonds. The highest BCUT2D eigenvalue weighted by atomic mass is 16.4. The quantitative estimate of drug-likeness (QED) is 0.284. The number of oxazole rings is 1. The van der Waals surface area contributed by atoms with Gasteiger partial charge in [0.05, 0.1) is 0 Å². The SMILES string of the molecule is Nc1oc(-c2ccccn2)cc1Nc1ncn/c(=N\c2nc(-c3ccccn3)oc2N)c2c[nH]cc12. The standard InChI is InChI=1S/C24H18N10O2/c25-19-17(9-18(35-19)15-5-1-3-7-28-15)32-21-13-10-27-11-14(13)22(31-12-30-21)33-23-20(26)36-24(34-23)16-6-2-4-8-29-16/h1-12,27H,25-26H2,(H,30,31,32,33). The summed E-state index contributed by atoms with van der Waals surface area (Å²) in [7, 11) is 0. The monoisotopic (exact) mass is 478 g/mol. The van der Waals surface area contributed by atoms with Gasteiger partial charge in [-0.25, -0.2) is 15.0 Å². The van der Waals surface area contributed by atoms with E-state index in [2.05, 4.69) is 40.2 Å². The molecule has 0 saturated carbocycles. The van der Waals surface area contributed by atoms with Crippen LogP contribution in [0, 0.1) is 0 Å². The first-order valence-electron chi connectivity index (χ1n) is 10.8. The van der Waals surface area contributed by atoms with Gasteiger partial charge in [-0.15, -0.1) is 0 Å². The zero-order valence-electron chi connectivity index (χ0n) is 18.6. The van der Waals surface area contributed by atoms with Gasteiger partial charge >= 0.3 is 0 Å². The van der Waals surface area contributed by atoms with Crippen molar-refractivity contribution in [3.05, 3.63) is 79.1 Å². The number of anilines is 4. The Morgan fingerprint density at radius 1 is 0.833 bits per heavy atom. The van der Waals surface area contributed by atoms with Gasteiger partial charge in [0.1, 0.15) is 29.2 Å². The van der Waals surface area contributed by atoms with Gasteiger partial charge in [-0.05, 0) is 24.3 Å². The summed E-state index contributed by atoms with van der Waals surface area (Å²) in [6.45, 7) is 0. The van der Waals surface area contributed by atoms with E-state index >= 15 is 0 Å². The molecule has 0 aromatic carbocycles. The van der Waals surface area contributed by atoms with Gasteiger partial charge in [0, 0.05) is 41.6 Å². The maximum atomic E-state index is 6.11. The van der Waals surface area contributed by atoms with Crippen molar-refractivity contribution >= 4 is 39.9 Å². The molecule has 0 spiro atoms. The van der Waals surface area contributed by atoms with Gasteiger partial charge in [-0.3, -0.25) is 9.97 Å². The van der Waals surface area contributed by atoms with Crippen LogP contribution in [0.15, 0.2) is 87.4 Å². The van der Waals surface area contributed by atoms with Gasteiger partial charge in [0.2, 0.25) is 23.5 Å². The molecule has 6 N–H and O–H groups in total. The van der Waals surface area contributed by atoms with E-state index in [1.165, 1.54) is 6.33 Å². The van der Waals surface area contributed by atoms with Crippen molar-refractivity contribution in [1.82, 2.24) is 29.9 Å². The number of hydrogen-bond acceptors (Lipinski definition) is 11. The molecule has 176 valence electrons. The van der Waals surface area contributed by atoms with Crippen molar-refractivity contribution in [2.24, 2.45) is 4.99 Å². The smallest absolute Gasteiger partial charge is 0.249 e. The lowest BCUT2D eigenvalue weighted by Gasteiger charge is -2.01. The van der Waals surface area contributed by atoms with E-state index in [1.807, 2.05) is 24.3 Å². The number of nitrogen functional groups attached to an aromatic ring is 2. The molecule has 6 rings (SSSR count). The van der Waals surface area contributed by atoms with E-state index in [0.29, 0.717) is 44.9 Å². The van der Waals surface area contributed by atoms with Crippen LogP contribution in [-0.2, 0) is 0 Å². The number of pyridine rings is 2. The van der Waals surface area contributed by atoms with E-state index in [0.717, 1.165) is 0 Å². The summed E-state index contributed by atoms with van der Waals surface area (Å²) in [6.07, 6.45) is 8.23. The van der Waals surface area contributed by atoms with Crippen LogP contribution in [0.1, 0.15) is 0 Å². The number of aromatic nitrogens is 6. The molecule has 0 aliphatic carbocycles. The first-order chi connectivity index (χ1) is 17.7.